The first-order chi connectivity index (χ1) is 12.2. The van der Waals surface area contributed by atoms with Gasteiger partial charge >= 0.3 is 5.97 Å². The second kappa shape index (κ2) is 5.39. The van der Waals surface area contributed by atoms with Gasteiger partial charge < -0.3 is 15.1 Å². The maximum atomic E-state index is 14.5. The van der Waals surface area contributed by atoms with Crippen LogP contribution in [0.2, 0.25) is 0 Å². The smallest absolute Gasteiger partial charge is 0.337 e. The van der Waals surface area contributed by atoms with Crippen LogP contribution < -0.4 is 5.56 Å². The van der Waals surface area contributed by atoms with Crippen LogP contribution in [0.1, 0.15) is 23.2 Å². The first-order valence-electron chi connectivity index (χ1n) is 7.79. The molecule has 1 fully saturated rings. The number of nitrogens with one attached hydrogen (secondary N) is 2. The highest BCUT2D eigenvalue weighted by Crippen LogP contribution is 2.34. The van der Waals surface area contributed by atoms with Crippen LogP contribution in [0.15, 0.2) is 28.0 Å². The molecule has 2 aromatic heterocycles. The largest absolute Gasteiger partial charge is 0.478 e. The predicted octanol–water partition coefficient (Wildman–Crippen LogP) is 1.63. The van der Waals surface area contributed by atoms with Crippen molar-refractivity contribution in [2.75, 3.05) is 7.05 Å². The lowest BCUT2D eigenvalue weighted by molar-refractivity contribution is 0.0699. The Morgan fingerprint density at radius 3 is 2.65 bits per heavy atom. The minimum Gasteiger partial charge on any atom is -0.478 e. The van der Waals surface area contributed by atoms with E-state index < -0.39 is 32.3 Å². The van der Waals surface area contributed by atoms with Crippen LogP contribution in [0.4, 0.5) is 4.39 Å². The molecule has 10 heteroatoms. The maximum Gasteiger partial charge on any atom is 0.337 e. The zero-order valence-corrected chi connectivity index (χ0v) is 14.4. The zero-order valence-electron chi connectivity index (χ0n) is 13.5. The topological polar surface area (TPSA) is 123 Å². The number of sulfonamides is 1. The highest BCUT2D eigenvalue weighted by molar-refractivity contribution is 7.89. The Kier molecular flexibility index (Phi) is 3.47. The van der Waals surface area contributed by atoms with Crippen LogP contribution in [0.25, 0.3) is 21.8 Å². The molecule has 1 saturated carbocycles. The summed E-state index contributed by atoms with van der Waals surface area (Å²) in [7, 11) is -2.70. The van der Waals surface area contributed by atoms with Crippen molar-refractivity contribution in [1.82, 2.24) is 14.3 Å². The van der Waals surface area contributed by atoms with Crippen LogP contribution >= 0.6 is 0 Å². The highest BCUT2D eigenvalue weighted by atomic mass is 32.2. The molecule has 0 bridgehead atoms. The number of fused-ring (bicyclic) bond motifs is 3. The molecular formula is C16H14FN3O5S. The zero-order chi connectivity index (χ0) is 18.8. The normalized spacial score (nSPS) is 15.2. The number of hydrogen-bond acceptors (Lipinski definition) is 4. The fourth-order valence-corrected chi connectivity index (χ4v) is 4.57. The van der Waals surface area contributed by atoms with Gasteiger partial charge in [-0.2, -0.15) is 4.31 Å². The highest BCUT2D eigenvalue weighted by Gasteiger charge is 2.36. The van der Waals surface area contributed by atoms with Crippen molar-refractivity contribution in [3.63, 3.8) is 0 Å². The molecule has 0 unspecified atom stereocenters. The molecule has 0 radical (unpaired) electrons. The second-order valence-corrected chi connectivity index (χ2v) is 8.26. The molecule has 2 heterocycles. The van der Waals surface area contributed by atoms with Gasteiger partial charge in [-0.05, 0) is 25.0 Å². The van der Waals surface area contributed by atoms with Crippen molar-refractivity contribution in [2.24, 2.45) is 0 Å². The Balaban J connectivity index is 2.08. The molecule has 1 aliphatic carbocycles. The summed E-state index contributed by atoms with van der Waals surface area (Å²) in [5.74, 6) is -2.29. The molecule has 0 amide bonds. The van der Waals surface area contributed by atoms with Crippen LogP contribution in [0.5, 0.6) is 0 Å². The van der Waals surface area contributed by atoms with Crippen LogP contribution in [-0.2, 0) is 10.0 Å². The number of aromatic amines is 2. The van der Waals surface area contributed by atoms with Gasteiger partial charge in [0.2, 0.25) is 10.0 Å². The van der Waals surface area contributed by atoms with E-state index in [2.05, 4.69) is 9.97 Å². The number of halogens is 1. The van der Waals surface area contributed by atoms with Gasteiger partial charge in [-0.1, -0.05) is 0 Å². The van der Waals surface area contributed by atoms with Crippen molar-refractivity contribution < 1.29 is 22.7 Å². The number of aromatic nitrogens is 2. The summed E-state index contributed by atoms with van der Waals surface area (Å²) in [5, 5.41) is 9.53. The van der Waals surface area contributed by atoms with Gasteiger partial charge in [0.05, 0.1) is 11.1 Å². The molecule has 0 aliphatic heterocycles. The Morgan fingerprint density at radius 1 is 1.35 bits per heavy atom. The van der Waals surface area contributed by atoms with E-state index in [1.54, 1.807) is 0 Å². The summed E-state index contributed by atoms with van der Waals surface area (Å²) in [6.45, 7) is 0. The molecule has 3 aromatic rings. The lowest BCUT2D eigenvalue weighted by Crippen LogP contribution is -2.29. The first kappa shape index (κ1) is 16.7. The van der Waals surface area contributed by atoms with E-state index in [1.165, 1.54) is 7.05 Å². The molecule has 3 N–H and O–H groups in total. The SMILES string of the molecule is CN(C1CC1)S(=O)(=O)c1cc2c(cc1F)[nH]c(=O)c1[nH]cc(C(=O)O)c12. The number of aromatic carboxylic acids is 1. The Bertz CT molecular complexity index is 1240. The standard InChI is InChI=1S/C16H14FN3O5S/c1-20(7-2-3-7)26(24,25)12-4-8-11(5-10(12)17)19-15(21)14-13(8)9(6-18-14)16(22)23/h4-7,18H,2-3H2,1H3,(H,19,21)(H,22,23). The third-order valence-corrected chi connectivity index (χ3v) is 6.57. The summed E-state index contributed by atoms with van der Waals surface area (Å²) in [6, 6.07) is 1.83. The van der Waals surface area contributed by atoms with Gasteiger partial charge in [0.1, 0.15) is 16.2 Å². The number of carbonyl (C=O) groups is 1. The molecule has 4 rings (SSSR count). The van der Waals surface area contributed by atoms with Crippen molar-refractivity contribution >= 4 is 37.8 Å². The van der Waals surface area contributed by atoms with Crippen molar-refractivity contribution in [3.8, 4) is 0 Å². The fraction of sp³-hybridized carbons (Fsp3) is 0.250. The van der Waals surface area contributed by atoms with E-state index in [0.717, 1.165) is 22.6 Å². The van der Waals surface area contributed by atoms with E-state index in [4.69, 9.17) is 0 Å². The molecule has 8 nitrogen and oxygen atoms in total. The third kappa shape index (κ3) is 2.33. The lowest BCUT2D eigenvalue weighted by Gasteiger charge is -2.17. The van der Waals surface area contributed by atoms with E-state index in [0.29, 0.717) is 12.8 Å². The number of carboxylic acids is 1. The number of nitrogens with zero attached hydrogens (tertiary/aromatic N) is 1. The van der Waals surface area contributed by atoms with E-state index >= 15 is 0 Å². The Morgan fingerprint density at radius 2 is 2.04 bits per heavy atom. The van der Waals surface area contributed by atoms with Crippen LogP contribution in [-0.4, -0.2) is 46.9 Å². The minimum absolute atomic E-state index is 0.0135. The van der Waals surface area contributed by atoms with Gasteiger partial charge in [0.15, 0.2) is 0 Å². The van der Waals surface area contributed by atoms with Gasteiger partial charge in [-0.15, -0.1) is 0 Å². The second-order valence-electron chi connectivity index (χ2n) is 6.29. The Hall–Kier alpha value is -2.72. The van der Waals surface area contributed by atoms with Gasteiger partial charge in [0.25, 0.3) is 5.56 Å². The number of benzene rings is 1. The lowest BCUT2D eigenvalue weighted by atomic mass is 10.1. The van der Waals surface area contributed by atoms with Gasteiger partial charge in [-0.25, -0.2) is 17.6 Å². The third-order valence-electron chi connectivity index (χ3n) is 4.65. The van der Waals surface area contributed by atoms with Crippen molar-refractivity contribution in [2.45, 2.75) is 23.8 Å². The van der Waals surface area contributed by atoms with E-state index in [9.17, 15) is 27.5 Å². The molecule has 1 aliphatic rings. The molecule has 1 aromatic carbocycles. The number of carboxylic acid groups (broad SMARTS) is 1. The monoisotopic (exact) mass is 379 g/mol. The van der Waals surface area contributed by atoms with Crippen LogP contribution in [0, 0.1) is 5.82 Å². The first-order valence-corrected chi connectivity index (χ1v) is 9.23. The quantitative estimate of drug-likeness (QED) is 0.636. The summed E-state index contributed by atoms with van der Waals surface area (Å²) in [4.78, 5) is 28.0. The molecule has 26 heavy (non-hydrogen) atoms. The summed E-state index contributed by atoms with van der Waals surface area (Å²) in [6.07, 6.45) is 2.57. The average Bonchev–Trinajstić information content (AvgIpc) is 3.31. The number of rotatable bonds is 4. The fourth-order valence-electron chi connectivity index (χ4n) is 3.09. The molecule has 0 saturated heterocycles. The maximum absolute atomic E-state index is 14.5. The summed E-state index contributed by atoms with van der Waals surface area (Å²) >= 11 is 0. The van der Waals surface area contributed by atoms with Crippen molar-refractivity contribution in [1.29, 1.82) is 0 Å². The molecule has 0 spiro atoms. The average molecular weight is 379 g/mol. The summed E-state index contributed by atoms with van der Waals surface area (Å²) < 4.78 is 41.1. The Labute approximate surface area is 146 Å². The van der Waals surface area contributed by atoms with Crippen molar-refractivity contribution in [3.05, 3.63) is 40.1 Å². The number of H-pyrrole nitrogens is 2. The van der Waals surface area contributed by atoms with Gasteiger partial charge in [-0.3, -0.25) is 4.79 Å². The molecule has 0 atom stereocenters. The van der Waals surface area contributed by atoms with Gasteiger partial charge in [0, 0.05) is 30.1 Å². The number of hydrogen-bond donors (Lipinski definition) is 3. The van der Waals surface area contributed by atoms with E-state index in [-0.39, 0.29) is 33.4 Å². The predicted molar refractivity (Wildman–Crippen MR) is 91.3 cm³/mol. The molecular weight excluding hydrogens is 365 g/mol. The minimum atomic E-state index is -4.08. The van der Waals surface area contributed by atoms with Crippen LogP contribution in [0.3, 0.4) is 0 Å². The molecule has 136 valence electrons. The number of pyridine rings is 1. The van der Waals surface area contributed by atoms with E-state index in [1.807, 2.05) is 0 Å². The summed E-state index contributed by atoms with van der Waals surface area (Å²) in [5.41, 5.74) is -0.803.